The lowest BCUT2D eigenvalue weighted by molar-refractivity contribution is -0.384. The molecule has 21 heavy (non-hydrogen) atoms. The molecule has 0 heterocycles. The van der Waals surface area contributed by atoms with Crippen LogP contribution in [0, 0.1) is 16.0 Å². The molecule has 2 rings (SSSR count). The second-order valence-electron chi connectivity index (χ2n) is 5.64. The molecule has 0 bridgehead atoms. The van der Waals surface area contributed by atoms with Gasteiger partial charge in [0.05, 0.1) is 4.92 Å². The fraction of sp³-hybridized carbons (Fsp3) is 0.533. The molecule has 1 fully saturated rings. The summed E-state index contributed by atoms with van der Waals surface area (Å²) in [5.41, 5.74) is 0.303. The van der Waals surface area contributed by atoms with Crippen LogP contribution in [0.3, 0.4) is 0 Å². The molecule has 0 aromatic heterocycles. The third kappa shape index (κ3) is 3.51. The lowest BCUT2D eigenvalue weighted by Gasteiger charge is -2.26. The molecule has 0 radical (unpaired) electrons. The average Bonchev–Trinajstić information content (AvgIpc) is 2.48. The molecule has 6 nitrogen and oxygen atoms in total. The van der Waals surface area contributed by atoms with Crippen molar-refractivity contribution in [1.82, 2.24) is 5.32 Å². The van der Waals surface area contributed by atoms with E-state index in [2.05, 4.69) is 17.6 Å². The minimum Gasteiger partial charge on any atom is -0.383 e. The fourth-order valence-corrected chi connectivity index (χ4v) is 2.79. The predicted molar refractivity (Wildman–Crippen MR) is 81.5 cm³/mol. The van der Waals surface area contributed by atoms with Crippen molar-refractivity contribution in [3.8, 4) is 0 Å². The van der Waals surface area contributed by atoms with E-state index in [0.717, 1.165) is 25.7 Å². The van der Waals surface area contributed by atoms with E-state index in [-0.39, 0.29) is 23.2 Å². The first kappa shape index (κ1) is 15.3. The van der Waals surface area contributed by atoms with Gasteiger partial charge in [-0.1, -0.05) is 13.0 Å². The molecule has 0 aliphatic heterocycles. The maximum Gasteiger partial charge on any atom is 0.305 e. The molecule has 1 aromatic rings. The highest BCUT2D eigenvalue weighted by Gasteiger charge is 2.26. The number of rotatable bonds is 4. The zero-order valence-electron chi connectivity index (χ0n) is 12.4. The molecular formula is C15H21N3O3. The highest BCUT2D eigenvalue weighted by atomic mass is 16.6. The number of anilines is 1. The second-order valence-corrected chi connectivity index (χ2v) is 5.64. The summed E-state index contributed by atoms with van der Waals surface area (Å²) in [6, 6.07) is 4.86. The Bertz CT molecular complexity index is 537. The Morgan fingerprint density at radius 1 is 1.29 bits per heavy atom. The van der Waals surface area contributed by atoms with Crippen LogP contribution in [0.5, 0.6) is 0 Å². The Labute approximate surface area is 124 Å². The summed E-state index contributed by atoms with van der Waals surface area (Å²) in [6.45, 7) is 2.21. The number of nitro groups is 1. The standard InChI is InChI=1S/C15H21N3O3/c1-10-6-8-11(9-7-10)17-15(19)12-4-3-5-13(16-2)14(12)18(20)21/h3-5,10-11,16H,6-9H2,1-2H3,(H,17,19). The molecule has 1 aromatic carbocycles. The minimum atomic E-state index is -0.510. The third-order valence-electron chi connectivity index (χ3n) is 4.08. The zero-order chi connectivity index (χ0) is 15.4. The van der Waals surface area contributed by atoms with Crippen molar-refractivity contribution in [2.45, 2.75) is 38.6 Å². The van der Waals surface area contributed by atoms with Crippen LogP contribution in [-0.2, 0) is 0 Å². The maximum atomic E-state index is 12.3. The van der Waals surface area contributed by atoms with E-state index in [9.17, 15) is 14.9 Å². The van der Waals surface area contributed by atoms with Gasteiger partial charge in [-0.25, -0.2) is 0 Å². The molecule has 0 saturated heterocycles. The van der Waals surface area contributed by atoms with Crippen molar-refractivity contribution in [2.75, 3.05) is 12.4 Å². The SMILES string of the molecule is CNc1cccc(C(=O)NC2CCC(C)CC2)c1[N+](=O)[O-]. The van der Waals surface area contributed by atoms with Crippen LogP contribution in [0.4, 0.5) is 11.4 Å². The van der Waals surface area contributed by atoms with Gasteiger partial charge in [0, 0.05) is 13.1 Å². The highest BCUT2D eigenvalue weighted by Crippen LogP contribution is 2.29. The minimum absolute atomic E-state index is 0.116. The van der Waals surface area contributed by atoms with E-state index in [4.69, 9.17) is 0 Å². The van der Waals surface area contributed by atoms with Crippen molar-refractivity contribution in [2.24, 2.45) is 5.92 Å². The topological polar surface area (TPSA) is 84.3 Å². The first-order valence-corrected chi connectivity index (χ1v) is 7.29. The zero-order valence-corrected chi connectivity index (χ0v) is 12.4. The van der Waals surface area contributed by atoms with E-state index >= 15 is 0 Å². The number of nitrogens with zero attached hydrogens (tertiary/aromatic N) is 1. The normalized spacial score (nSPS) is 21.6. The quantitative estimate of drug-likeness (QED) is 0.660. The van der Waals surface area contributed by atoms with Gasteiger partial charge in [0.25, 0.3) is 5.91 Å². The molecule has 2 N–H and O–H groups in total. The monoisotopic (exact) mass is 291 g/mol. The number of nitro benzene ring substituents is 1. The molecule has 1 saturated carbocycles. The number of hydrogen-bond donors (Lipinski definition) is 2. The highest BCUT2D eigenvalue weighted by molar-refractivity contribution is 6.00. The molecule has 0 unspecified atom stereocenters. The van der Waals surface area contributed by atoms with Crippen LogP contribution in [0.2, 0.25) is 0 Å². The summed E-state index contributed by atoms with van der Waals surface area (Å²) in [5.74, 6) is 0.332. The Balaban J connectivity index is 2.17. The molecule has 114 valence electrons. The van der Waals surface area contributed by atoms with E-state index in [1.54, 1.807) is 19.2 Å². The van der Waals surface area contributed by atoms with Crippen LogP contribution < -0.4 is 10.6 Å². The maximum absolute atomic E-state index is 12.3. The lowest BCUT2D eigenvalue weighted by atomic mass is 9.87. The number of nitrogens with one attached hydrogen (secondary N) is 2. The average molecular weight is 291 g/mol. The summed E-state index contributed by atoms with van der Waals surface area (Å²) in [4.78, 5) is 23.1. The van der Waals surface area contributed by atoms with Gasteiger partial charge in [-0.3, -0.25) is 14.9 Å². The van der Waals surface area contributed by atoms with Gasteiger partial charge < -0.3 is 10.6 Å². The number of para-hydroxylation sites is 1. The summed E-state index contributed by atoms with van der Waals surface area (Å²) in [5, 5.41) is 16.9. The van der Waals surface area contributed by atoms with Crippen LogP contribution >= 0.6 is 0 Å². The summed E-state index contributed by atoms with van der Waals surface area (Å²) >= 11 is 0. The van der Waals surface area contributed by atoms with Gasteiger partial charge in [0.2, 0.25) is 0 Å². The van der Waals surface area contributed by atoms with Gasteiger partial charge in [-0.05, 0) is 43.7 Å². The van der Waals surface area contributed by atoms with E-state index in [1.165, 1.54) is 6.07 Å². The van der Waals surface area contributed by atoms with E-state index < -0.39 is 4.92 Å². The molecular weight excluding hydrogens is 270 g/mol. The van der Waals surface area contributed by atoms with Gasteiger partial charge >= 0.3 is 5.69 Å². The smallest absolute Gasteiger partial charge is 0.305 e. The summed E-state index contributed by atoms with van der Waals surface area (Å²) in [7, 11) is 1.60. The third-order valence-corrected chi connectivity index (χ3v) is 4.08. The van der Waals surface area contributed by atoms with Crippen molar-refractivity contribution in [3.05, 3.63) is 33.9 Å². The largest absolute Gasteiger partial charge is 0.383 e. The van der Waals surface area contributed by atoms with Crippen LogP contribution in [-0.4, -0.2) is 23.9 Å². The van der Waals surface area contributed by atoms with Crippen LogP contribution in [0.25, 0.3) is 0 Å². The molecule has 0 atom stereocenters. The van der Waals surface area contributed by atoms with Crippen molar-refractivity contribution in [1.29, 1.82) is 0 Å². The lowest BCUT2D eigenvalue weighted by Crippen LogP contribution is -2.37. The Morgan fingerprint density at radius 2 is 1.95 bits per heavy atom. The second kappa shape index (κ2) is 6.56. The Hall–Kier alpha value is -2.11. The van der Waals surface area contributed by atoms with Crippen molar-refractivity contribution in [3.63, 3.8) is 0 Å². The first-order valence-electron chi connectivity index (χ1n) is 7.29. The molecule has 1 amide bonds. The van der Waals surface area contributed by atoms with Crippen molar-refractivity contribution >= 4 is 17.3 Å². The molecule has 1 aliphatic rings. The van der Waals surface area contributed by atoms with Gasteiger partial charge in [-0.15, -0.1) is 0 Å². The van der Waals surface area contributed by atoms with Crippen LogP contribution in [0.15, 0.2) is 18.2 Å². The first-order chi connectivity index (χ1) is 10.0. The van der Waals surface area contributed by atoms with Gasteiger partial charge in [-0.2, -0.15) is 0 Å². The summed E-state index contributed by atoms with van der Waals surface area (Å²) in [6.07, 6.45) is 4.05. The number of hydrogen-bond acceptors (Lipinski definition) is 4. The molecule has 6 heteroatoms. The van der Waals surface area contributed by atoms with Crippen LogP contribution in [0.1, 0.15) is 43.0 Å². The Kier molecular flexibility index (Phi) is 4.77. The molecule has 0 spiro atoms. The van der Waals surface area contributed by atoms with E-state index in [1.807, 2.05) is 0 Å². The van der Waals surface area contributed by atoms with E-state index in [0.29, 0.717) is 11.6 Å². The predicted octanol–water partition coefficient (Wildman–Crippen LogP) is 2.95. The number of carbonyl (C=O) groups excluding carboxylic acids is 1. The number of benzene rings is 1. The molecule has 1 aliphatic carbocycles. The van der Waals surface area contributed by atoms with Crippen molar-refractivity contribution < 1.29 is 9.72 Å². The summed E-state index contributed by atoms with van der Waals surface area (Å²) < 4.78 is 0. The fourth-order valence-electron chi connectivity index (χ4n) is 2.79. The number of amides is 1. The number of carbonyl (C=O) groups is 1. The Morgan fingerprint density at radius 3 is 2.52 bits per heavy atom. The van der Waals surface area contributed by atoms with Gasteiger partial charge in [0.15, 0.2) is 0 Å². The van der Waals surface area contributed by atoms with Gasteiger partial charge in [0.1, 0.15) is 11.3 Å².